The van der Waals surface area contributed by atoms with Gasteiger partial charge >= 0.3 is 0 Å². The second kappa shape index (κ2) is 7.84. The summed E-state index contributed by atoms with van der Waals surface area (Å²) in [6, 6.07) is 19.7. The number of thiophene rings is 1. The number of likely N-dealkylation sites (tertiary alicyclic amines) is 1. The predicted molar refractivity (Wildman–Crippen MR) is 129 cm³/mol. The van der Waals surface area contributed by atoms with Crippen LogP contribution in [0.5, 0.6) is 17.2 Å². The van der Waals surface area contributed by atoms with Crippen molar-refractivity contribution in [2.75, 3.05) is 26.2 Å². The number of aromatic hydroxyl groups is 2. The van der Waals surface area contributed by atoms with Gasteiger partial charge in [0.15, 0.2) is 0 Å². The van der Waals surface area contributed by atoms with E-state index < -0.39 is 0 Å². The van der Waals surface area contributed by atoms with E-state index in [0.717, 1.165) is 27.9 Å². The fraction of sp³-hybridized carbons (Fsp3) is 0.259. The van der Waals surface area contributed by atoms with Crippen LogP contribution >= 0.6 is 11.3 Å². The molecule has 2 aliphatic rings. The van der Waals surface area contributed by atoms with Crippen molar-refractivity contribution in [2.45, 2.75) is 18.8 Å². The van der Waals surface area contributed by atoms with E-state index in [-0.39, 0.29) is 17.4 Å². The zero-order chi connectivity index (χ0) is 21.7. The number of rotatable bonds is 5. The first-order chi connectivity index (χ1) is 15.7. The summed E-state index contributed by atoms with van der Waals surface area (Å²) in [5, 5.41) is 21.3. The third-order valence-corrected chi connectivity index (χ3v) is 7.88. The Balaban J connectivity index is 1.34. The lowest BCUT2D eigenvalue weighted by Gasteiger charge is -2.17. The first-order valence-electron chi connectivity index (χ1n) is 11.2. The maximum atomic E-state index is 10.1. The fourth-order valence-corrected chi connectivity index (χ4v) is 6.45. The number of benzene rings is 3. The highest BCUT2D eigenvalue weighted by Crippen LogP contribution is 2.55. The summed E-state index contributed by atoms with van der Waals surface area (Å²) in [5.41, 5.74) is 4.75. The molecule has 0 amide bonds. The third-order valence-electron chi connectivity index (χ3n) is 6.68. The van der Waals surface area contributed by atoms with Gasteiger partial charge < -0.3 is 14.9 Å². The molecule has 0 bridgehead atoms. The van der Waals surface area contributed by atoms with Gasteiger partial charge in [-0.2, -0.15) is 0 Å². The van der Waals surface area contributed by atoms with E-state index in [9.17, 15) is 10.2 Å². The van der Waals surface area contributed by atoms with Gasteiger partial charge in [0, 0.05) is 22.0 Å². The first kappa shape index (κ1) is 19.6. The Labute approximate surface area is 191 Å². The van der Waals surface area contributed by atoms with E-state index in [4.69, 9.17) is 4.74 Å². The van der Waals surface area contributed by atoms with E-state index >= 15 is 0 Å². The number of hydrogen-bond donors (Lipinski definition) is 2. The number of phenols is 2. The van der Waals surface area contributed by atoms with Crippen LogP contribution in [0.4, 0.5) is 0 Å². The van der Waals surface area contributed by atoms with Crippen LogP contribution in [0.2, 0.25) is 0 Å². The zero-order valence-electron chi connectivity index (χ0n) is 17.8. The summed E-state index contributed by atoms with van der Waals surface area (Å²) >= 11 is 1.68. The summed E-state index contributed by atoms with van der Waals surface area (Å²) in [6.07, 6.45) is 2.60. The minimum Gasteiger partial charge on any atom is -0.508 e. The van der Waals surface area contributed by atoms with E-state index in [1.54, 1.807) is 23.5 Å². The van der Waals surface area contributed by atoms with Crippen LogP contribution in [-0.2, 0) is 0 Å². The van der Waals surface area contributed by atoms with Crippen LogP contribution in [0.15, 0.2) is 60.7 Å². The Morgan fingerprint density at radius 3 is 2.47 bits per heavy atom. The molecule has 4 nitrogen and oxygen atoms in total. The average molecular weight is 444 g/mol. The van der Waals surface area contributed by atoms with Crippen LogP contribution < -0.4 is 4.74 Å². The summed E-state index contributed by atoms with van der Waals surface area (Å²) in [6.45, 7) is 4.08. The quantitative estimate of drug-likeness (QED) is 0.353. The molecule has 1 atom stereocenters. The molecule has 162 valence electrons. The number of phenolic OH excluding ortho intramolecular Hbond substituents is 2. The van der Waals surface area contributed by atoms with Gasteiger partial charge in [-0.05, 0) is 96.0 Å². The topological polar surface area (TPSA) is 52.9 Å². The minimum atomic E-state index is 0.0949. The largest absolute Gasteiger partial charge is 0.508 e. The third kappa shape index (κ3) is 3.33. The maximum absolute atomic E-state index is 10.1. The first-order valence-corrected chi connectivity index (χ1v) is 12.0. The van der Waals surface area contributed by atoms with E-state index in [0.29, 0.717) is 6.61 Å². The molecule has 2 heterocycles. The van der Waals surface area contributed by atoms with Gasteiger partial charge in [-0.25, -0.2) is 0 Å². The normalized spacial score (nSPS) is 17.6. The van der Waals surface area contributed by atoms with E-state index in [1.165, 1.54) is 47.5 Å². The predicted octanol–water partition coefficient (Wildman–Crippen LogP) is 5.95. The van der Waals surface area contributed by atoms with Crippen LogP contribution in [0.1, 0.15) is 35.4 Å². The van der Waals surface area contributed by atoms with Gasteiger partial charge in [0.05, 0.1) is 0 Å². The van der Waals surface area contributed by atoms with Crippen LogP contribution in [0.3, 0.4) is 0 Å². The van der Waals surface area contributed by atoms with Crippen molar-refractivity contribution in [1.82, 2.24) is 4.90 Å². The van der Waals surface area contributed by atoms with Crippen LogP contribution in [0, 0.1) is 0 Å². The Bertz CT molecular complexity index is 1290. The highest BCUT2D eigenvalue weighted by atomic mass is 32.1. The summed E-state index contributed by atoms with van der Waals surface area (Å²) < 4.78 is 7.07. The Morgan fingerprint density at radius 2 is 1.66 bits per heavy atom. The number of nitrogens with zero attached hydrogens (tertiary/aromatic N) is 1. The number of fused-ring (bicyclic) bond motifs is 5. The molecule has 1 fully saturated rings. The molecule has 1 aliphatic heterocycles. The van der Waals surface area contributed by atoms with Gasteiger partial charge in [0.25, 0.3) is 0 Å². The molecule has 6 rings (SSSR count). The van der Waals surface area contributed by atoms with Gasteiger partial charge in [-0.3, -0.25) is 4.90 Å². The van der Waals surface area contributed by atoms with Gasteiger partial charge in [0.1, 0.15) is 23.9 Å². The standard InChI is InChI=1S/C27H25NO3S/c29-18-5-9-21-23(15-18)27-26(22-10-6-19(30)16-24(22)32-27)25(21)17-3-7-20(8-4-17)31-14-13-28-11-1-2-12-28/h3-10,15-16,25,29-30H,1-2,11-14H2. The second-order valence-corrected chi connectivity index (χ2v) is 9.75. The minimum absolute atomic E-state index is 0.0949. The number of hydrogen-bond acceptors (Lipinski definition) is 5. The van der Waals surface area contributed by atoms with Crippen LogP contribution in [-0.4, -0.2) is 41.4 Å². The molecular weight excluding hydrogens is 418 g/mol. The Kier molecular flexibility index (Phi) is 4.81. The lowest BCUT2D eigenvalue weighted by molar-refractivity contribution is 0.238. The molecule has 4 aromatic rings. The van der Waals surface area contributed by atoms with Gasteiger partial charge in [-0.1, -0.05) is 18.2 Å². The molecule has 32 heavy (non-hydrogen) atoms. The fourth-order valence-electron chi connectivity index (χ4n) is 5.14. The van der Waals surface area contributed by atoms with Crippen molar-refractivity contribution in [3.05, 3.63) is 77.4 Å². The lowest BCUT2D eigenvalue weighted by Crippen LogP contribution is -2.25. The number of ether oxygens (including phenoxy) is 1. The second-order valence-electron chi connectivity index (χ2n) is 8.70. The monoisotopic (exact) mass is 443 g/mol. The zero-order valence-corrected chi connectivity index (χ0v) is 18.6. The summed E-state index contributed by atoms with van der Waals surface area (Å²) in [7, 11) is 0. The lowest BCUT2D eigenvalue weighted by atomic mass is 9.88. The van der Waals surface area contributed by atoms with Gasteiger partial charge in [-0.15, -0.1) is 11.3 Å². The molecule has 1 saturated heterocycles. The van der Waals surface area contributed by atoms with Crippen molar-refractivity contribution in [3.8, 4) is 27.7 Å². The van der Waals surface area contributed by atoms with E-state index in [1.807, 2.05) is 24.3 Å². The molecule has 3 aromatic carbocycles. The van der Waals surface area contributed by atoms with Gasteiger partial charge in [0.2, 0.25) is 0 Å². The SMILES string of the molecule is Oc1ccc2c(c1)-c1sc3cc(O)ccc3c1C2c1ccc(OCCN2CCCC2)cc1. The van der Waals surface area contributed by atoms with Crippen molar-refractivity contribution < 1.29 is 14.9 Å². The van der Waals surface area contributed by atoms with E-state index in [2.05, 4.69) is 29.2 Å². The molecule has 0 spiro atoms. The van der Waals surface area contributed by atoms with Crippen molar-refractivity contribution in [1.29, 1.82) is 0 Å². The van der Waals surface area contributed by atoms with Crippen LogP contribution in [0.25, 0.3) is 20.5 Å². The molecule has 1 aromatic heterocycles. The summed E-state index contributed by atoms with van der Waals surface area (Å²) in [5.74, 6) is 1.55. The molecule has 2 N–H and O–H groups in total. The van der Waals surface area contributed by atoms with Crippen molar-refractivity contribution >= 4 is 21.4 Å². The molecule has 5 heteroatoms. The molecule has 0 saturated carbocycles. The molecular formula is C27H25NO3S. The molecule has 0 radical (unpaired) electrons. The highest BCUT2D eigenvalue weighted by molar-refractivity contribution is 7.22. The van der Waals surface area contributed by atoms with Crippen molar-refractivity contribution in [3.63, 3.8) is 0 Å². The van der Waals surface area contributed by atoms with Crippen molar-refractivity contribution in [2.24, 2.45) is 0 Å². The average Bonchev–Trinajstić information content (AvgIpc) is 3.50. The highest BCUT2D eigenvalue weighted by Gasteiger charge is 2.34. The Morgan fingerprint density at radius 1 is 0.906 bits per heavy atom. The maximum Gasteiger partial charge on any atom is 0.119 e. The smallest absolute Gasteiger partial charge is 0.119 e. The summed E-state index contributed by atoms with van der Waals surface area (Å²) in [4.78, 5) is 3.63. The molecule has 1 unspecified atom stereocenters. The molecule has 1 aliphatic carbocycles. The Hall–Kier alpha value is -3.02.